The van der Waals surface area contributed by atoms with E-state index in [4.69, 9.17) is 0 Å². The first-order chi connectivity index (χ1) is 7.74. The smallest absolute Gasteiger partial charge is 0.119 e. The highest BCUT2D eigenvalue weighted by atomic mass is 16.3. The van der Waals surface area contributed by atoms with E-state index in [2.05, 4.69) is 53.7 Å². The van der Waals surface area contributed by atoms with Crippen LogP contribution in [-0.4, -0.2) is 5.11 Å². The van der Waals surface area contributed by atoms with Crippen molar-refractivity contribution >= 4 is 0 Å². The van der Waals surface area contributed by atoms with Gasteiger partial charge in [0.05, 0.1) is 0 Å². The van der Waals surface area contributed by atoms with Gasteiger partial charge in [-0.3, -0.25) is 0 Å². The van der Waals surface area contributed by atoms with E-state index in [0.717, 1.165) is 18.4 Å². The zero-order valence-electron chi connectivity index (χ0n) is 12.1. The fourth-order valence-corrected chi connectivity index (χ4v) is 1.92. The molecule has 1 aromatic carbocycles. The maximum absolute atomic E-state index is 10.2. The highest BCUT2D eigenvalue weighted by molar-refractivity contribution is 5.43. The van der Waals surface area contributed by atoms with Crippen LogP contribution in [0.3, 0.4) is 0 Å². The first-order valence-electron chi connectivity index (χ1n) is 6.58. The third-order valence-corrected chi connectivity index (χ3v) is 4.28. The van der Waals surface area contributed by atoms with Crippen LogP contribution in [0.5, 0.6) is 5.75 Å². The van der Waals surface area contributed by atoms with E-state index in [1.165, 1.54) is 5.56 Å². The third kappa shape index (κ3) is 2.83. The molecular weight excluding hydrogens is 208 g/mol. The van der Waals surface area contributed by atoms with Gasteiger partial charge in [-0.25, -0.2) is 0 Å². The highest BCUT2D eigenvalue weighted by Gasteiger charge is 2.24. The van der Waals surface area contributed by atoms with Crippen LogP contribution in [0.2, 0.25) is 0 Å². The van der Waals surface area contributed by atoms with E-state index in [9.17, 15) is 5.11 Å². The molecule has 0 aromatic heterocycles. The molecule has 0 atom stereocenters. The number of rotatable bonds is 4. The molecule has 0 spiro atoms. The van der Waals surface area contributed by atoms with Crippen molar-refractivity contribution in [2.45, 2.75) is 65.2 Å². The van der Waals surface area contributed by atoms with Crippen molar-refractivity contribution in [2.75, 3.05) is 0 Å². The molecule has 0 saturated carbocycles. The first-order valence-corrected chi connectivity index (χ1v) is 6.58. The Labute approximate surface area is 106 Å². The van der Waals surface area contributed by atoms with E-state index in [-0.39, 0.29) is 10.8 Å². The van der Waals surface area contributed by atoms with Gasteiger partial charge in [0, 0.05) is 0 Å². The molecule has 0 unspecified atom stereocenters. The van der Waals surface area contributed by atoms with E-state index in [0.29, 0.717) is 5.75 Å². The lowest BCUT2D eigenvalue weighted by molar-refractivity contribution is 0.423. The average molecular weight is 234 g/mol. The molecular formula is C16H26O. The van der Waals surface area contributed by atoms with Gasteiger partial charge in [0.2, 0.25) is 0 Å². The average Bonchev–Trinajstić information content (AvgIpc) is 2.28. The third-order valence-electron chi connectivity index (χ3n) is 4.28. The molecule has 0 radical (unpaired) electrons. The van der Waals surface area contributed by atoms with Crippen LogP contribution >= 0.6 is 0 Å². The van der Waals surface area contributed by atoms with Crippen LogP contribution in [0.15, 0.2) is 18.2 Å². The highest BCUT2D eigenvalue weighted by Crippen LogP contribution is 2.37. The summed E-state index contributed by atoms with van der Waals surface area (Å²) in [6, 6.07) is 6.19. The number of phenolic OH excluding ortho intramolecular Hbond substituents is 1. The van der Waals surface area contributed by atoms with Crippen molar-refractivity contribution in [3.8, 4) is 5.75 Å². The fourth-order valence-electron chi connectivity index (χ4n) is 1.92. The van der Waals surface area contributed by atoms with Crippen molar-refractivity contribution < 1.29 is 5.11 Å². The molecule has 17 heavy (non-hydrogen) atoms. The number of hydrogen-bond acceptors (Lipinski definition) is 1. The van der Waals surface area contributed by atoms with Crippen molar-refractivity contribution in [3.63, 3.8) is 0 Å². The van der Waals surface area contributed by atoms with Gasteiger partial charge in [0.15, 0.2) is 0 Å². The van der Waals surface area contributed by atoms with Gasteiger partial charge in [-0.15, -0.1) is 0 Å². The minimum atomic E-state index is 0.0406. The maximum Gasteiger partial charge on any atom is 0.119 e. The summed E-state index contributed by atoms with van der Waals surface area (Å²) in [5.74, 6) is 0.441. The Morgan fingerprint density at radius 3 is 1.88 bits per heavy atom. The largest absolute Gasteiger partial charge is 0.508 e. The van der Waals surface area contributed by atoms with Crippen molar-refractivity contribution in [3.05, 3.63) is 29.3 Å². The minimum Gasteiger partial charge on any atom is -0.508 e. The van der Waals surface area contributed by atoms with E-state index in [1.54, 1.807) is 0 Å². The lowest BCUT2D eigenvalue weighted by atomic mass is 9.77. The van der Waals surface area contributed by atoms with Gasteiger partial charge in [-0.05, 0) is 40.9 Å². The molecule has 1 N–H and O–H groups in total. The van der Waals surface area contributed by atoms with Gasteiger partial charge in [0.1, 0.15) is 5.75 Å². The quantitative estimate of drug-likeness (QED) is 0.795. The number of benzene rings is 1. The molecule has 0 fully saturated rings. The first kappa shape index (κ1) is 14.1. The molecule has 1 heteroatoms. The van der Waals surface area contributed by atoms with Crippen molar-refractivity contribution in [1.29, 1.82) is 0 Å². The molecule has 0 heterocycles. The fraction of sp³-hybridized carbons (Fsp3) is 0.625. The molecule has 1 nitrogen and oxygen atoms in total. The molecule has 96 valence electrons. The Balaban J connectivity index is 3.20. The topological polar surface area (TPSA) is 20.2 Å². The van der Waals surface area contributed by atoms with Crippen molar-refractivity contribution in [1.82, 2.24) is 0 Å². The van der Waals surface area contributed by atoms with E-state index in [1.807, 2.05) is 6.07 Å². The summed E-state index contributed by atoms with van der Waals surface area (Å²) in [5.41, 5.74) is 2.44. The van der Waals surface area contributed by atoms with Crippen LogP contribution in [0.1, 0.15) is 65.5 Å². The second kappa shape index (κ2) is 4.72. The van der Waals surface area contributed by atoms with Gasteiger partial charge in [0.25, 0.3) is 0 Å². The summed E-state index contributed by atoms with van der Waals surface area (Å²) in [7, 11) is 0. The molecule has 0 aliphatic carbocycles. The van der Waals surface area contributed by atoms with Crippen LogP contribution in [0.4, 0.5) is 0 Å². The molecule has 0 amide bonds. The molecule has 0 aliphatic rings. The summed E-state index contributed by atoms with van der Waals surface area (Å²) >= 11 is 0. The predicted molar refractivity (Wildman–Crippen MR) is 74.7 cm³/mol. The second-order valence-electron chi connectivity index (χ2n) is 6.21. The maximum atomic E-state index is 10.2. The Bertz CT molecular complexity index is 389. The summed E-state index contributed by atoms with van der Waals surface area (Å²) < 4.78 is 0. The van der Waals surface area contributed by atoms with E-state index >= 15 is 0 Å². The standard InChI is InChI=1S/C16H26O/c1-7-15(3,4)12-9-10-13(14(17)11-12)16(5,6)8-2/h9-11,17H,7-8H2,1-6H3. The summed E-state index contributed by atoms with van der Waals surface area (Å²) in [6.07, 6.45) is 2.10. The number of phenols is 1. The summed E-state index contributed by atoms with van der Waals surface area (Å²) in [5, 5.41) is 10.2. The Morgan fingerprint density at radius 1 is 0.941 bits per heavy atom. The van der Waals surface area contributed by atoms with Gasteiger partial charge < -0.3 is 5.11 Å². The Morgan fingerprint density at radius 2 is 1.47 bits per heavy atom. The second-order valence-corrected chi connectivity index (χ2v) is 6.21. The molecule has 0 saturated heterocycles. The minimum absolute atomic E-state index is 0.0406. The summed E-state index contributed by atoms with van der Waals surface area (Å²) in [4.78, 5) is 0. The van der Waals surface area contributed by atoms with Gasteiger partial charge >= 0.3 is 0 Å². The molecule has 1 aromatic rings. The van der Waals surface area contributed by atoms with Crippen LogP contribution in [0.25, 0.3) is 0 Å². The number of aromatic hydroxyl groups is 1. The SMILES string of the molecule is CCC(C)(C)c1ccc(C(C)(C)CC)c(O)c1. The Kier molecular flexibility index (Phi) is 3.91. The van der Waals surface area contributed by atoms with Gasteiger partial charge in [-0.1, -0.05) is 53.7 Å². The zero-order valence-corrected chi connectivity index (χ0v) is 12.1. The monoisotopic (exact) mass is 234 g/mol. The summed E-state index contributed by atoms with van der Waals surface area (Å²) in [6.45, 7) is 13.1. The van der Waals surface area contributed by atoms with Gasteiger partial charge in [-0.2, -0.15) is 0 Å². The normalized spacial score (nSPS) is 12.8. The predicted octanol–water partition coefficient (Wildman–Crippen LogP) is 4.77. The molecule has 0 aliphatic heterocycles. The number of hydrogen-bond donors (Lipinski definition) is 1. The lowest BCUT2D eigenvalue weighted by Crippen LogP contribution is -2.18. The molecule has 1 rings (SSSR count). The molecule has 0 bridgehead atoms. The van der Waals surface area contributed by atoms with E-state index < -0.39 is 0 Å². The lowest BCUT2D eigenvalue weighted by Gasteiger charge is -2.28. The van der Waals surface area contributed by atoms with Crippen LogP contribution in [-0.2, 0) is 10.8 Å². The zero-order chi connectivity index (χ0) is 13.3. The van der Waals surface area contributed by atoms with Crippen molar-refractivity contribution in [2.24, 2.45) is 0 Å². The van der Waals surface area contributed by atoms with Crippen LogP contribution in [0, 0.1) is 0 Å². The Hall–Kier alpha value is -0.980. The van der Waals surface area contributed by atoms with Crippen LogP contribution < -0.4 is 0 Å².